The molecule has 0 aromatic heterocycles. The molecule has 2 fully saturated rings. The van der Waals surface area contributed by atoms with Crippen molar-refractivity contribution in [2.75, 3.05) is 20.1 Å². The van der Waals surface area contributed by atoms with Gasteiger partial charge in [-0.3, -0.25) is 0 Å². The minimum Gasteiger partial charge on any atom is -0.317 e. The van der Waals surface area contributed by atoms with Crippen LogP contribution in [0.3, 0.4) is 0 Å². The van der Waals surface area contributed by atoms with E-state index < -0.39 is 0 Å². The zero-order valence-electron chi connectivity index (χ0n) is 11.0. The summed E-state index contributed by atoms with van der Waals surface area (Å²) < 4.78 is 0. The van der Waals surface area contributed by atoms with E-state index in [2.05, 4.69) is 24.2 Å². The Bertz CT molecular complexity index is 205. The summed E-state index contributed by atoms with van der Waals surface area (Å²) >= 11 is 0. The van der Waals surface area contributed by atoms with Crippen LogP contribution in [-0.4, -0.2) is 37.1 Å². The molecule has 0 amide bonds. The van der Waals surface area contributed by atoms with E-state index in [9.17, 15) is 0 Å². The van der Waals surface area contributed by atoms with Gasteiger partial charge >= 0.3 is 0 Å². The fourth-order valence-corrected chi connectivity index (χ4v) is 3.60. The quantitative estimate of drug-likeness (QED) is 0.790. The highest BCUT2D eigenvalue weighted by Crippen LogP contribution is 2.29. The molecule has 3 unspecified atom stereocenters. The molecule has 0 aromatic carbocycles. The van der Waals surface area contributed by atoms with Gasteiger partial charge in [-0.15, -0.1) is 0 Å². The van der Waals surface area contributed by atoms with Gasteiger partial charge in [0.25, 0.3) is 0 Å². The van der Waals surface area contributed by atoms with E-state index in [1.165, 1.54) is 58.0 Å². The summed E-state index contributed by atoms with van der Waals surface area (Å²) in [7, 11) is 2.12. The van der Waals surface area contributed by atoms with E-state index in [0.29, 0.717) is 0 Å². The molecule has 16 heavy (non-hydrogen) atoms. The summed E-state index contributed by atoms with van der Waals surface area (Å²) in [4.78, 5) is 2.78. The number of rotatable bonds is 4. The van der Waals surface area contributed by atoms with E-state index in [1.54, 1.807) is 0 Å². The average molecular weight is 224 g/mol. The van der Waals surface area contributed by atoms with Crippen LogP contribution in [0.2, 0.25) is 0 Å². The Balaban J connectivity index is 1.79. The van der Waals surface area contributed by atoms with Gasteiger partial charge in [0, 0.05) is 18.6 Å². The molecule has 1 N–H and O–H groups in total. The van der Waals surface area contributed by atoms with E-state index in [-0.39, 0.29) is 0 Å². The molecular weight excluding hydrogens is 196 g/mol. The third-order valence-corrected chi connectivity index (χ3v) is 4.59. The summed E-state index contributed by atoms with van der Waals surface area (Å²) in [5, 5.41) is 3.47. The van der Waals surface area contributed by atoms with Gasteiger partial charge in [0.15, 0.2) is 0 Å². The summed E-state index contributed by atoms with van der Waals surface area (Å²) in [6.07, 6.45) is 9.90. The predicted molar refractivity (Wildman–Crippen MR) is 69.7 cm³/mol. The van der Waals surface area contributed by atoms with Gasteiger partial charge in [0.1, 0.15) is 0 Å². The van der Waals surface area contributed by atoms with Crippen LogP contribution in [0.25, 0.3) is 0 Å². The Morgan fingerprint density at radius 1 is 1.25 bits per heavy atom. The van der Waals surface area contributed by atoms with E-state index in [0.717, 1.165) is 18.0 Å². The van der Waals surface area contributed by atoms with Gasteiger partial charge in [0.05, 0.1) is 0 Å². The molecule has 3 atom stereocenters. The molecule has 1 heterocycles. The van der Waals surface area contributed by atoms with Crippen molar-refractivity contribution >= 4 is 0 Å². The molecule has 0 aromatic rings. The third-order valence-electron chi connectivity index (χ3n) is 4.59. The van der Waals surface area contributed by atoms with Gasteiger partial charge in [-0.25, -0.2) is 0 Å². The predicted octanol–water partition coefficient (Wildman–Crippen LogP) is 2.64. The van der Waals surface area contributed by atoms with E-state index in [1.807, 2.05) is 0 Å². The minimum atomic E-state index is 0.781. The van der Waals surface area contributed by atoms with Crippen molar-refractivity contribution in [1.82, 2.24) is 10.2 Å². The Morgan fingerprint density at radius 3 is 2.88 bits per heavy atom. The van der Waals surface area contributed by atoms with Crippen molar-refractivity contribution in [1.29, 1.82) is 0 Å². The highest BCUT2D eigenvalue weighted by atomic mass is 15.2. The molecule has 1 saturated carbocycles. The summed E-state index contributed by atoms with van der Waals surface area (Å²) in [6.45, 7) is 5.07. The van der Waals surface area contributed by atoms with Crippen molar-refractivity contribution in [3.63, 3.8) is 0 Å². The number of nitrogens with one attached hydrogen (secondary N) is 1. The standard InChI is InChI=1S/C14H28N2/c1-3-5-12-8-9-16(11-12)14-7-4-6-13(10-14)15-2/h12-15H,3-11H2,1-2H3. The lowest BCUT2D eigenvalue weighted by atomic mass is 9.90. The highest BCUT2D eigenvalue weighted by molar-refractivity contribution is 4.87. The van der Waals surface area contributed by atoms with E-state index >= 15 is 0 Å². The maximum absolute atomic E-state index is 3.47. The molecule has 2 rings (SSSR count). The topological polar surface area (TPSA) is 15.3 Å². The van der Waals surface area contributed by atoms with Crippen molar-refractivity contribution in [3.05, 3.63) is 0 Å². The first-order valence-electron chi connectivity index (χ1n) is 7.24. The molecule has 2 heteroatoms. The maximum Gasteiger partial charge on any atom is 0.0110 e. The number of likely N-dealkylation sites (tertiary alicyclic amines) is 1. The molecule has 0 bridgehead atoms. The lowest BCUT2D eigenvalue weighted by Crippen LogP contribution is -2.42. The molecule has 0 spiro atoms. The molecule has 0 radical (unpaired) electrons. The number of nitrogens with zero attached hydrogens (tertiary/aromatic N) is 1. The second-order valence-corrected chi connectivity index (χ2v) is 5.74. The van der Waals surface area contributed by atoms with Crippen LogP contribution in [0.5, 0.6) is 0 Å². The number of hydrogen-bond acceptors (Lipinski definition) is 2. The molecule has 1 aliphatic carbocycles. The van der Waals surface area contributed by atoms with Gasteiger partial charge in [-0.2, -0.15) is 0 Å². The second-order valence-electron chi connectivity index (χ2n) is 5.74. The van der Waals surface area contributed by atoms with Crippen LogP contribution in [0.4, 0.5) is 0 Å². The van der Waals surface area contributed by atoms with Crippen LogP contribution < -0.4 is 5.32 Å². The lowest BCUT2D eigenvalue weighted by Gasteiger charge is -2.35. The first-order chi connectivity index (χ1) is 7.83. The Labute approximate surface area is 101 Å². The fraction of sp³-hybridized carbons (Fsp3) is 1.00. The average Bonchev–Trinajstić information content (AvgIpc) is 2.78. The van der Waals surface area contributed by atoms with Crippen LogP contribution in [0.15, 0.2) is 0 Å². The van der Waals surface area contributed by atoms with Crippen molar-refractivity contribution in [3.8, 4) is 0 Å². The van der Waals surface area contributed by atoms with Crippen LogP contribution in [0, 0.1) is 5.92 Å². The zero-order chi connectivity index (χ0) is 11.4. The highest BCUT2D eigenvalue weighted by Gasteiger charge is 2.30. The minimum absolute atomic E-state index is 0.781. The number of hydrogen-bond donors (Lipinski definition) is 1. The van der Waals surface area contributed by atoms with Gasteiger partial charge in [-0.05, 0) is 51.6 Å². The smallest absolute Gasteiger partial charge is 0.0110 e. The van der Waals surface area contributed by atoms with Crippen LogP contribution in [-0.2, 0) is 0 Å². The zero-order valence-corrected chi connectivity index (χ0v) is 11.0. The monoisotopic (exact) mass is 224 g/mol. The first kappa shape index (κ1) is 12.4. The normalized spacial score (nSPS) is 36.8. The molecule has 2 nitrogen and oxygen atoms in total. The maximum atomic E-state index is 3.47. The van der Waals surface area contributed by atoms with Crippen molar-refractivity contribution in [2.45, 2.75) is 64.0 Å². The first-order valence-corrected chi connectivity index (χ1v) is 7.24. The van der Waals surface area contributed by atoms with Gasteiger partial charge < -0.3 is 10.2 Å². The SMILES string of the molecule is CCCC1CCN(C2CCCC(NC)C2)C1. The van der Waals surface area contributed by atoms with Crippen LogP contribution in [0.1, 0.15) is 51.9 Å². The summed E-state index contributed by atoms with van der Waals surface area (Å²) in [5.74, 6) is 1.000. The van der Waals surface area contributed by atoms with Gasteiger partial charge in [0.2, 0.25) is 0 Å². The molecule has 94 valence electrons. The molecule has 2 aliphatic rings. The molecule has 1 aliphatic heterocycles. The van der Waals surface area contributed by atoms with Crippen molar-refractivity contribution < 1.29 is 0 Å². The second kappa shape index (κ2) is 6.02. The van der Waals surface area contributed by atoms with Crippen LogP contribution >= 0.6 is 0 Å². The molecule has 1 saturated heterocycles. The lowest BCUT2D eigenvalue weighted by molar-refractivity contribution is 0.165. The molecular formula is C14H28N2. The Kier molecular flexibility index (Phi) is 4.66. The van der Waals surface area contributed by atoms with Gasteiger partial charge in [-0.1, -0.05) is 19.8 Å². The Morgan fingerprint density at radius 2 is 2.12 bits per heavy atom. The Hall–Kier alpha value is -0.0800. The van der Waals surface area contributed by atoms with E-state index in [4.69, 9.17) is 0 Å². The summed E-state index contributed by atoms with van der Waals surface area (Å²) in [5.41, 5.74) is 0. The third kappa shape index (κ3) is 2.98. The summed E-state index contributed by atoms with van der Waals surface area (Å²) in [6, 6.07) is 1.66. The fourth-order valence-electron chi connectivity index (χ4n) is 3.60. The largest absolute Gasteiger partial charge is 0.317 e. The van der Waals surface area contributed by atoms with Crippen molar-refractivity contribution in [2.24, 2.45) is 5.92 Å².